The van der Waals surface area contributed by atoms with Crippen LogP contribution in [0, 0.1) is 5.41 Å². The molecule has 0 unspecified atom stereocenters. The van der Waals surface area contributed by atoms with Crippen LogP contribution >= 0.6 is 0 Å². The topological polar surface area (TPSA) is 61.4 Å². The van der Waals surface area contributed by atoms with Gasteiger partial charge in [-0.3, -0.25) is 4.79 Å². The van der Waals surface area contributed by atoms with Gasteiger partial charge >= 0.3 is 6.03 Å². The van der Waals surface area contributed by atoms with Crippen molar-refractivity contribution in [2.24, 2.45) is 5.41 Å². The van der Waals surface area contributed by atoms with Gasteiger partial charge in [-0.1, -0.05) is 49.4 Å². The van der Waals surface area contributed by atoms with Crippen molar-refractivity contribution in [1.82, 2.24) is 10.2 Å². The third-order valence-electron chi connectivity index (χ3n) is 5.44. The Kier molecular flexibility index (Phi) is 6.34. The lowest BCUT2D eigenvalue weighted by Gasteiger charge is -2.39. The van der Waals surface area contributed by atoms with E-state index in [1.165, 1.54) is 5.56 Å². The number of hydrogen-bond donors (Lipinski definition) is 2. The van der Waals surface area contributed by atoms with E-state index in [0.29, 0.717) is 19.6 Å². The Labute approximate surface area is 167 Å². The van der Waals surface area contributed by atoms with Crippen LogP contribution in [0.5, 0.6) is 0 Å². The first-order valence-electron chi connectivity index (χ1n) is 9.97. The Hall–Kier alpha value is -2.82. The summed E-state index contributed by atoms with van der Waals surface area (Å²) in [5.41, 5.74) is 2.51. The van der Waals surface area contributed by atoms with Gasteiger partial charge in [0.05, 0.1) is 5.41 Å². The molecule has 28 heavy (non-hydrogen) atoms. The predicted octanol–water partition coefficient (Wildman–Crippen LogP) is 4.20. The number of anilines is 1. The van der Waals surface area contributed by atoms with E-state index in [1.807, 2.05) is 61.5 Å². The fraction of sp³-hybridized carbons (Fsp3) is 0.391. The van der Waals surface area contributed by atoms with Gasteiger partial charge in [0.25, 0.3) is 0 Å². The summed E-state index contributed by atoms with van der Waals surface area (Å²) in [6.45, 7) is 5.64. The van der Waals surface area contributed by atoms with E-state index >= 15 is 0 Å². The first-order valence-corrected chi connectivity index (χ1v) is 9.97. The zero-order chi connectivity index (χ0) is 20.0. The smallest absolute Gasteiger partial charge is 0.321 e. The third kappa shape index (κ3) is 4.91. The number of aryl methyl sites for hydroxylation is 1. The van der Waals surface area contributed by atoms with Crippen LogP contribution in [0.25, 0.3) is 0 Å². The summed E-state index contributed by atoms with van der Waals surface area (Å²) in [4.78, 5) is 27.3. The van der Waals surface area contributed by atoms with E-state index in [9.17, 15) is 9.59 Å². The van der Waals surface area contributed by atoms with E-state index in [2.05, 4.69) is 17.6 Å². The van der Waals surface area contributed by atoms with Crippen LogP contribution < -0.4 is 10.6 Å². The molecular weight excluding hydrogens is 350 g/mol. The van der Waals surface area contributed by atoms with E-state index in [1.54, 1.807) is 4.90 Å². The minimum absolute atomic E-state index is 0.00107. The summed E-state index contributed by atoms with van der Waals surface area (Å²) in [6.07, 6.45) is 2.57. The molecule has 148 valence electrons. The van der Waals surface area contributed by atoms with Gasteiger partial charge in [0, 0.05) is 25.3 Å². The molecule has 1 aliphatic rings. The SMILES string of the molecule is CCc1ccc(NC(=O)N2CCC[C@](C)(C(=O)NCc3ccccc3)C2)cc1. The number of carbonyl (C=O) groups excluding carboxylic acids is 2. The van der Waals surface area contributed by atoms with Crippen molar-refractivity contribution in [3.05, 3.63) is 65.7 Å². The molecule has 2 N–H and O–H groups in total. The third-order valence-corrected chi connectivity index (χ3v) is 5.44. The lowest BCUT2D eigenvalue weighted by molar-refractivity contribution is -0.132. The molecule has 3 amide bonds. The van der Waals surface area contributed by atoms with Crippen LogP contribution in [0.1, 0.15) is 37.8 Å². The van der Waals surface area contributed by atoms with Gasteiger partial charge in [0.15, 0.2) is 0 Å². The van der Waals surface area contributed by atoms with Crippen LogP contribution in [0.15, 0.2) is 54.6 Å². The monoisotopic (exact) mass is 379 g/mol. The first kappa shape index (κ1) is 19.9. The Morgan fingerprint density at radius 3 is 2.43 bits per heavy atom. The van der Waals surface area contributed by atoms with Crippen LogP contribution in [-0.4, -0.2) is 29.9 Å². The van der Waals surface area contributed by atoms with E-state index < -0.39 is 5.41 Å². The van der Waals surface area contributed by atoms with Gasteiger partial charge in [-0.15, -0.1) is 0 Å². The molecule has 0 aromatic heterocycles. The first-order chi connectivity index (χ1) is 13.5. The molecule has 1 fully saturated rings. The Morgan fingerprint density at radius 1 is 1.04 bits per heavy atom. The number of amides is 3. The van der Waals surface area contributed by atoms with Crippen molar-refractivity contribution < 1.29 is 9.59 Å². The minimum atomic E-state index is -0.573. The summed E-state index contributed by atoms with van der Waals surface area (Å²) in [5, 5.41) is 5.99. The molecule has 1 aliphatic heterocycles. The number of piperidine rings is 1. The summed E-state index contributed by atoms with van der Waals surface area (Å²) in [5.74, 6) is 0.00107. The quantitative estimate of drug-likeness (QED) is 0.818. The maximum absolute atomic E-state index is 12.8. The van der Waals surface area contributed by atoms with Crippen molar-refractivity contribution in [3.8, 4) is 0 Å². The Morgan fingerprint density at radius 2 is 1.75 bits per heavy atom. The molecule has 1 heterocycles. The van der Waals surface area contributed by atoms with E-state index in [4.69, 9.17) is 0 Å². The molecule has 3 rings (SSSR count). The maximum Gasteiger partial charge on any atom is 0.321 e. The van der Waals surface area contributed by atoms with Crippen molar-refractivity contribution in [3.63, 3.8) is 0 Å². The van der Waals surface area contributed by atoms with Gasteiger partial charge in [0.2, 0.25) is 5.91 Å². The molecule has 5 heteroatoms. The molecular formula is C23H29N3O2. The average molecular weight is 380 g/mol. The lowest BCUT2D eigenvalue weighted by atomic mass is 9.81. The number of likely N-dealkylation sites (tertiary alicyclic amines) is 1. The number of benzene rings is 2. The summed E-state index contributed by atoms with van der Waals surface area (Å²) in [6, 6.07) is 17.6. The molecule has 1 saturated heterocycles. The fourth-order valence-electron chi connectivity index (χ4n) is 3.62. The maximum atomic E-state index is 12.8. The minimum Gasteiger partial charge on any atom is -0.351 e. The van der Waals surface area contributed by atoms with Gasteiger partial charge in [-0.25, -0.2) is 4.79 Å². The molecule has 2 aromatic carbocycles. The Bertz CT molecular complexity index is 804. The standard InChI is InChI=1S/C23H29N3O2/c1-3-18-10-12-20(13-11-18)25-22(28)26-15-7-14-23(2,17-26)21(27)24-16-19-8-5-4-6-9-19/h4-6,8-13H,3,7,14-17H2,1-2H3,(H,24,27)(H,25,28)/t23-/m0/s1. The van der Waals surface area contributed by atoms with Crippen molar-refractivity contribution in [1.29, 1.82) is 0 Å². The lowest BCUT2D eigenvalue weighted by Crippen LogP contribution is -2.52. The van der Waals surface area contributed by atoms with Gasteiger partial charge in [-0.05, 0) is 49.4 Å². The van der Waals surface area contributed by atoms with Crippen molar-refractivity contribution in [2.45, 2.75) is 39.7 Å². The summed E-state index contributed by atoms with van der Waals surface area (Å²) >= 11 is 0. The number of hydrogen-bond acceptors (Lipinski definition) is 2. The molecule has 0 spiro atoms. The molecule has 5 nitrogen and oxygen atoms in total. The normalized spacial score (nSPS) is 19.1. The molecule has 0 saturated carbocycles. The summed E-state index contributed by atoms with van der Waals surface area (Å²) < 4.78 is 0. The highest BCUT2D eigenvalue weighted by atomic mass is 16.2. The van der Waals surface area contributed by atoms with Crippen LogP contribution in [0.2, 0.25) is 0 Å². The second kappa shape index (κ2) is 8.91. The Balaban J connectivity index is 1.58. The molecule has 1 atom stereocenters. The highest BCUT2D eigenvalue weighted by Crippen LogP contribution is 2.30. The van der Waals surface area contributed by atoms with E-state index in [-0.39, 0.29) is 11.9 Å². The van der Waals surface area contributed by atoms with Crippen LogP contribution in [0.4, 0.5) is 10.5 Å². The van der Waals surface area contributed by atoms with Crippen molar-refractivity contribution >= 4 is 17.6 Å². The summed E-state index contributed by atoms with van der Waals surface area (Å²) in [7, 11) is 0. The molecule has 0 aliphatic carbocycles. The molecule has 0 bridgehead atoms. The number of urea groups is 1. The number of carbonyl (C=O) groups is 2. The average Bonchev–Trinajstić information content (AvgIpc) is 2.73. The second-order valence-corrected chi connectivity index (χ2v) is 7.73. The fourth-order valence-corrected chi connectivity index (χ4v) is 3.62. The number of nitrogens with zero attached hydrogens (tertiary/aromatic N) is 1. The van der Waals surface area contributed by atoms with Crippen LogP contribution in [-0.2, 0) is 17.8 Å². The van der Waals surface area contributed by atoms with Crippen molar-refractivity contribution in [2.75, 3.05) is 18.4 Å². The van der Waals surface area contributed by atoms with Gasteiger partial charge in [-0.2, -0.15) is 0 Å². The zero-order valence-electron chi connectivity index (χ0n) is 16.7. The van der Waals surface area contributed by atoms with Gasteiger partial charge in [0.1, 0.15) is 0 Å². The van der Waals surface area contributed by atoms with Gasteiger partial charge < -0.3 is 15.5 Å². The largest absolute Gasteiger partial charge is 0.351 e. The van der Waals surface area contributed by atoms with Crippen LogP contribution in [0.3, 0.4) is 0 Å². The van der Waals surface area contributed by atoms with E-state index in [0.717, 1.165) is 30.5 Å². The highest BCUT2D eigenvalue weighted by Gasteiger charge is 2.39. The number of nitrogens with one attached hydrogen (secondary N) is 2. The zero-order valence-corrected chi connectivity index (χ0v) is 16.7. The molecule has 2 aromatic rings. The number of rotatable bonds is 5. The second-order valence-electron chi connectivity index (χ2n) is 7.73. The molecule has 0 radical (unpaired) electrons. The highest BCUT2D eigenvalue weighted by molar-refractivity contribution is 5.90. The predicted molar refractivity (Wildman–Crippen MR) is 112 cm³/mol.